The molecule has 0 saturated heterocycles. The van der Waals surface area contributed by atoms with E-state index in [4.69, 9.17) is 0 Å². The maximum atomic E-state index is 12.3. The van der Waals surface area contributed by atoms with Crippen LogP contribution in [0, 0.1) is 6.92 Å². The minimum Gasteiger partial charge on any atom is -0.388 e. The van der Waals surface area contributed by atoms with Gasteiger partial charge in [-0.25, -0.2) is 18.1 Å². The first-order chi connectivity index (χ1) is 9.92. The highest BCUT2D eigenvalue weighted by Crippen LogP contribution is 2.20. The predicted molar refractivity (Wildman–Crippen MR) is 82.6 cm³/mol. The molecule has 0 aliphatic rings. The van der Waals surface area contributed by atoms with Gasteiger partial charge >= 0.3 is 0 Å². The molecule has 1 heterocycles. The van der Waals surface area contributed by atoms with Crippen molar-refractivity contribution in [3.05, 3.63) is 45.9 Å². The van der Waals surface area contributed by atoms with E-state index in [1.165, 1.54) is 23.5 Å². The van der Waals surface area contributed by atoms with Gasteiger partial charge in [0.15, 0.2) is 0 Å². The Morgan fingerprint density at radius 2 is 2.19 bits per heavy atom. The topological polar surface area (TPSA) is 79.3 Å². The summed E-state index contributed by atoms with van der Waals surface area (Å²) in [4.78, 5) is 5.11. The molecule has 1 unspecified atom stereocenters. The van der Waals surface area contributed by atoms with Crippen LogP contribution >= 0.6 is 11.3 Å². The van der Waals surface area contributed by atoms with Crippen LogP contribution in [0.3, 0.4) is 0 Å². The second-order valence-corrected chi connectivity index (χ2v) is 7.75. The number of aliphatic hydroxyl groups is 1. The molecule has 0 spiro atoms. The lowest BCUT2D eigenvalue weighted by molar-refractivity contribution is 0.173. The predicted octanol–water partition coefficient (Wildman–Crippen LogP) is 2.37. The Morgan fingerprint density at radius 3 is 2.81 bits per heavy atom. The summed E-state index contributed by atoms with van der Waals surface area (Å²) in [6, 6.07) is 6.39. The van der Waals surface area contributed by atoms with Crippen LogP contribution in [0.5, 0.6) is 0 Å². The summed E-state index contributed by atoms with van der Waals surface area (Å²) in [5.41, 5.74) is 0.606. The van der Waals surface area contributed by atoms with E-state index in [1.54, 1.807) is 18.3 Å². The van der Waals surface area contributed by atoms with Crippen LogP contribution in [-0.4, -0.2) is 18.5 Å². The maximum absolute atomic E-state index is 12.3. The van der Waals surface area contributed by atoms with Gasteiger partial charge in [0, 0.05) is 17.6 Å². The van der Waals surface area contributed by atoms with Crippen molar-refractivity contribution < 1.29 is 13.5 Å². The second-order valence-electron chi connectivity index (χ2n) is 4.67. The van der Waals surface area contributed by atoms with E-state index in [1.807, 2.05) is 13.8 Å². The quantitative estimate of drug-likeness (QED) is 0.854. The number of nitrogens with one attached hydrogen (secondary N) is 1. The van der Waals surface area contributed by atoms with E-state index in [-0.39, 0.29) is 11.4 Å². The Labute approximate surface area is 128 Å². The number of sulfonamides is 1. The van der Waals surface area contributed by atoms with Gasteiger partial charge < -0.3 is 5.11 Å². The summed E-state index contributed by atoms with van der Waals surface area (Å²) < 4.78 is 27.1. The van der Waals surface area contributed by atoms with Gasteiger partial charge in [0.05, 0.1) is 16.0 Å². The number of aliphatic hydroxyl groups excluding tert-OH is 1. The lowest BCUT2D eigenvalue weighted by atomic mass is 10.1. The third kappa shape index (κ3) is 4.10. The van der Waals surface area contributed by atoms with E-state index in [0.29, 0.717) is 12.0 Å². The number of thiazole rings is 1. The monoisotopic (exact) mass is 326 g/mol. The van der Waals surface area contributed by atoms with E-state index in [9.17, 15) is 13.5 Å². The van der Waals surface area contributed by atoms with Gasteiger partial charge in [0.1, 0.15) is 0 Å². The van der Waals surface area contributed by atoms with Crippen LogP contribution in [0.25, 0.3) is 0 Å². The van der Waals surface area contributed by atoms with Crippen molar-refractivity contribution in [3.8, 4) is 0 Å². The first-order valence-corrected chi connectivity index (χ1v) is 8.91. The number of nitrogens with zero attached hydrogens (tertiary/aromatic N) is 1. The zero-order valence-electron chi connectivity index (χ0n) is 11.9. The minimum atomic E-state index is -3.60. The normalized spacial score (nSPS) is 13.3. The Kier molecular flexibility index (Phi) is 5.10. The number of rotatable bonds is 6. The molecular formula is C14H18N2O3S2. The number of benzene rings is 1. The fourth-order valence-corrected chi connectivity index (χ4v) is 3.75. The van der Waals surface area contributed by atoms with Crippen LogP contribution in [0.1, 0.15) is 34.9 Å². The van der Waals surface area contributed by atoms with Gasteiger partial charge in [0.2, 0.25) is 10.0 Å². The highest BCUT2D eigenvalue weighted by Gasteiger charge is 2.16. The van der Waals surface area contributed by atoms with Crippen LogP contribution in [0.4, 0.5) is 0 Å². The fraction of sp³-hybridized carbons (Fsp3) is 0.357. The van der Waals surface area contributed by atoms with Crippen LogP contribution in [-0.2, 0) is 16.6 Å². The highest BCUT2D eigenvalue weighted by molar-refractivity contribution is 7.89. The average Bonchev–Trinajstić information content (AvgIpc) is 2.90. The third-order valence-corrected chi connectivity index (χ3v) is 5.36. The van der Waals surface area contributed by atoms with Gasteiger partial charge in [-0.05, 0) is 31.0 Å². The first kappa shape index (κ1) is 16.1. The van der Waals surface area contributed by atoms with Crippen LogP contribution < -0.4 is 4.72 Å². The van der Waals surface area contributed by atoms with Crippen LogP contribution in [0.15, 0.2) is 35.4 Å². The van der Waals surface area contributed by atoms with Crippen molar-refractivity contribution in [2.75, 3.05) is 0 Å². The van der Waals surface area contributed by atoms with E-state index >= 15 is 0 Å². The van der Waals surface area contributed by atoms with Gasteiger partial charge in [0.25, 0.3) is 0 Å². The van der Waals surface area contributed by atoms with Gasteiger partial charge in [-0.2, -0.15) is 0 Å². The van der Waals surface area contributed by atoms with Crippen molar-refractivity contribution in [2.45, 2.75) is 37.8 Å². The van der Waals surface area contributed by atoms with Crippen molar-refractivity contribution >= 4 is 21.4 Å². The molecule has 5 nitrogen and oxygen atoms in total. The fourth-order valence-electron chi connectivity index (χ4n) is 1.86. The first-order valence-electron chi connectivity index (χ1n) is 6.61. The number of hydrogen-bond donors (Lipinski definition) is 2. The Morgan fingerprint density at radius 1 is 1.43 bits per heavy atom. The molecule has 0 fully saturated rings. The molecule has 2 rings (SSSR count). The smallest absolute Gasteiger partial charge is 0.240 e. The second kappa shape index (κ2) is 6.65. The maximum Gasteiger partial charge on any atom is 0.240 e. The molecule has 0 amide bonds. The van der Waals surface area contributed by atoms with E-state index in [0.717, 1.165) is 9.88 Å². The molecular weight excluding hydrogens is 308 g/mol. The van der Waals surface area contributed by atoms with Crippen LogP contribution in [0.2, 0.25) is 0 Å². The van der Waals surface area contributed by atoms with E-state index < -0.39 is 16.1 Å². The Bertz CT molecular complexity index is 711. The molecule has 0 aliphatic heterocycles. The van der Waals surface area contributed by atoms with Crippen molar-refractivity contribution in [2.24, 2.45) is 0 Å². The lowest BCUT2D eigenvalue weighted by Gasteiger charge is -2.11. The van der Waals surface area contributed by atoms with Crippen molar-refractivity contribution in [1.29, 1.82) is 0 Å². The standard InChI is InChI=1S/C14H18N2O3S2/c1-3-14(17)11-5-4-6-13(7-11)21(18,19)16-9-12-8-15-10(2)20-12/h4-8,14,16-17H,3,9H2,1-2H3. The SMILES string of the molecule is CCC(O)c1cccc(S(=O)(=O)NCc2cnc(C)s2)c1. The molecule has 0 bridgehead atoms. The molecule has 1 atom stereocenters. The van der Waals surface area contributed by atoms with Crippen molar-refractivity contribution in [1.82, 2.24) is 9.71 Å². The summed E-state index contributed by atoms with van der Waals surface area (Å²) in [5.74, 6) is 0. The minimum absolute atomic E-state index is 0.161. The number of hydrogen-bond acceptors (Lipinski definition) is 5. The molecule has 0 radical (unpaired) electrons. The molecule has 0 saturated carbocycles. The molecule has 1 aromatic carbocycles. The van der Waals surface area contributed by atoms with Crippen molar-refractivity contribution in [3.63, 3.8) is 0 Å². The summed E-state index contributed by atoms with van der Waals surface area (Å²) in [5, 5.41) is 10.7. The number of aromatic nitrogens is 1. The highest BCUT2D eigenvalue weighted by atomic mass is 32.2. The third-order valence-electron chi connectivity index (χ3n) is 3.05. The van der Waals surface area contributed by atoms with E-state index in [2.05, 4.69) is 9.71 Å². The summed E-state index contributed by atoms with van der Waals surface area (Å²) in [7, 11) is -3.60. The van der Waals surface area contributed by atoms with Gasteiger partial charge in [-0.3, -0.25) is 0 Å². The molecule has 2 N–H and O–H groups in total. The molecule has 2 aromatic rings. The largest absolute Gasteiger partial charge is 0.388 e. The Balaban J connectivity index is 2.15. The molecule has 114 valence electrons. The van der Waals surface area contributed by atoms with Gasteiger partial charge in [-0.1, -0.05) is 19.1 Å². The molecule has 21 heavy (non-hydrogen) atoms. The molecule has 7 heteroatoms. The molecule has 0 aliphatic carbocycles. The van der Waals surface area contributed by atoms with Gasteiger partial charge in [-0.15, -0.1) is 11.3 Å². The zero-order valence-corrected chi connectivity index (χ0v) is 13.5. The molecule has 1 aromatic heterocycles. The number of aryl methyl sites for hydroxylation is 1. The zero-order chi connectivity index (χ0) is 15.5. The summed E-state index contributed by atoms with van der Waals surface area (Å²) in [6.45, 7) is 3.93. The summed E-state index contributed by atoms with van der Waals surface area (Å²) >= 11 is 1.46. The Hall–Kier alpha value is -1.28. The lowest BCUT2D eigenvalue weighted by Crippen LogP contribution is -2.23. The average molecular weight is 326 g/mol. The summed E-state index contributed by atoms with van der Waals surface area (Å²) in [6.07, 6.45) is 1.56.